The summed E-state index contributed by atoms with van der Waals surface area (Å²) in [6, 6.07) is 12.1. The molecule has 35 heavy (non-hydrogen) atoms. The van der Waals surface area contributed by atoms with E-state index in [-0.39, 0.29) is 18.1 Å². The first kappa shape index (κ1) is 24.7. The number of nitrogens with one attached hydrogen (secondary N) is 1. The van der Waals surface area contributed by atoms with Crippen LogP contribution in [0, 0.1) is 0 Å². The molecule has 0 bridgehead atoms. The molecule has 2 aliphatic rings. The number of hydrogen-bond acceptors (Lipinski definition) is 2. The topological polar surface area (TPSA) is 57.5 Å². The molecular weight excluding hydrogens is 481 g/mol. The molecule has 2 N–H and O–H groups in total. The molecule has 7 heteroatoms. The Labute approximate surface area is 217 Å². The fourth-order valence-electron chi connectivity index (χ4n) is 6.04. The number of aliphatic hydroxyl groups is 1. The Kier molecular flexibility index (Phi) is 7.76. The van der Waals surface area contributed by atoms with E-state index in [9.17, 15) is 9.90 Å². The van der Waals surface area contributed by atoms with Crippen LogP contribution >= 0.6 is 23.2 Å². The average Bonchev–Trinajstić information content (AvgIpc) is 3.15. The lowest BCUT2D eigenvalue weighted by molar-refractivity contribution is 0.0799. The van der Waals surface area contributed by atoms with Crippen LogP contribution in [0.15, 0.2) is 36.4 Å². The SMILES string of the molecule is O=C(NC1CCCCC1)N(CC(O)Cn1c2ccc(Cl)cc2c2cc(Cl)ccc21)C1CCCCC1. The maximum absolute atomic E-state index is 13.4. The minimum Gasteiger partial charge on any atom is -0.389 e. The fourth-order valence-corrected chi connectivity index (χ4v) is 6.38. The molecule has 1 heterocycles. The van der Waals surface area contributed by atoms with Crippen molar-refractivity contribution in [3.8, 4) is 0 Å². The van der Waals surface area contributed by atoms with Crippen molar-refractivity contribution in [2.75, 3.05) is 6.54 Å². The van der Waals surface area contributed by atoms with Crippen LogP contribution < -0.4 is 5.32 Å². The molecular formula is C28H35Cl2N3O2. The van der Waals surface area contributed by atoms with Gasteiger partial charge in [0.05, 0.1) is 19.2 Å². The predicted molar refractivity (Wildman–Crippen MR) is 144 cm³/mol. The molecule has 2 aromatic carbocycles. The number of benzene rings is 2. The highest BCUT2D eigenvalue weighted by Crippen LogP contribution is 2.33. The van der Waals surface area contributed by atoms with Gasteiger partial charge in [-0.3, -0.25) is 0 Å². The molecule has 5 nitrogen and oxygen atoms in total. The van der Waals surface area contributed by atoms with Crippen LogP contribution in [0.5, 0.6) is 0 Å². The number of urea groups is 1. The van der Waals surface area contributed by atoms with Crippen LogP contribution in [0.2, 0.25) is 10.0 Å². The summed E-state index contributed by atoms with van der Waals surface area (Å²) in [6.45, 7) is 0.717. The maximum Gasteiger partial charge on any atom is 0.317 e. The van der Waals surface area contributed by atoms with E-state index in [4.69, 9.17) is 23.2 Å². The molecule has 2 aliphatic carbocycles. The Morgan fingerprint density at radius 2 is 1.46 bits per heavy atom. The summed E-state index contributed by atoms with van der Waals surface area (Å²) < 4.78 is 2.13. The third kappa shape index (κ3) is 5.58. The van der Waals surface area contributed by atoms with Crippen molar-refractivity contribution >= 4 is 51.0 Å². The fraction of sp³-hybridized carbons (Fsp3) is 0.536. The van der Waals surface area contributed by atoms with Gasteiger partial charge in [0, 0.05) is 43.9 Å². The third-order valence-electron chi connectivity index (χ3n) is 7.80. The molecule has 0 radical (unpaired) electrons. The molecule has 2 fully saturated rings. The second kappa shape index (κ2) is 11.0. The second-order valence-corrected chi connectivity index (χ2v) is 11.2. The maximum atomic E-state index is 13.4. The van der Waals surface area contributed by atoms with Crippen molar-refractivity contribution in [1.29, 1.82) is 0 Å². The van der Waals surface area contributed by atoms with Gasteiger partial charge in [0.25, 0.3) is 0 Å². The summed E-state index contributed by atoms with van der Waals surface area (Å²) in [5.41, 5.74) is 2.00. The van der Waals surface area contributed by atoms with Crippen LogP contribution in [0.4, 0.5) is 4.79 Å². The van der Waals surface area contributed by atoms with Crippen molar-refractivity contribution in [2.24, 2.45) is 0 Å². The minimum atomic E-state index is -0.695. The van der Waals surface area contributed by atoms with Gasteiger partial charge in [-0.15, -0.1) is 0 Å². The van der Waals surface area contributed by atoms with Crippen LogP contribution in [0.25, 0.3) is 21.8 Å². The van der Waals surface area contributed by atoms with Crippen LogP contribution in [-0.4, -0.2) is 45.3 Å². The molecule has 2 amide bonds. The highest BCUT2D eigenvalue weighted by atomic mass is 35.5. The lowest BCUT2D eigenvalue weighted by atomic mass is 9.93. The zero-order valence-corrected chi connectivity index (χ0v) is 21.7. The van der Waals surface area contributed by atoms with Gasteiger partial charge in [-0.25, -0.2) is 4.79 Å². The Morgan fingerprint density at radius 3 is 2.03 bits per heavy atom. The number of carbonyl (C=O) groups is 1. The monoisotopic (exact) mass is 515 g/mol. The van der Waals surface area contributed by atoms with Crippen molar-refractivity contribution in [3.05, 3.63) is 46.4 Å². The zero-order chi connectivity index (χ0) is 24.4. The van der Waals surface area contributed by atoms with Gasteiger partial charge < -0.3 is 19.9 Å². The number of aromatic nitrogens is 1. The smallest absolute Gasteiger partial charge is 0.317 e. The number of carbonyl (C=O) groups excluding carboxylic acids is 1. The Hall–Kier alpha value is -1.95. The lowest BCUT2D eigenvalue weighted by Crippen LogP contribution is -2.53. The van der Waals surface area contributed by atoms with Crippen molar-refractivity contribution in [3.63, 3.8) is 0 Å². The van der Waals surface area contributed by atoms with Gasteiger partial charge in [0.1, 0.15) is 0 Å². The van der Waals surface area contributed by atoms with E-state index in [1.54, 1.807) is 0 Å². The van der Waals surface area contributed by atoms with Gasteiger partial charge >= 0.3 is 6.03 Å². The Balaban J connectivity index is 1.39. The average molecular weight is 517 g/mol. The van der Waals surface area contributed by atoms with Gasteiger partial charge in [-0.1, -0.05) is 61.7 Å². The van der Waals surface area contributed by atoms with Gasteiger partial charge in [0.15, 0.2) is 0 Å². The highest BCUT2D eigenvalue weighted by Gasteiger charge is 2.29. The summed E-state index contributed by atoms with van der Waals surface area (Å²) in [5, 5.41) is 18.0. The summed E-state index contributed by atoms with van der Waals surface area (Å²) in [7, 11) is 0. The first-order valence-electron chi connectivity index (χ1n) is 13.1. The molecule has 1 unspecified atom stereocenters. The van der Waals surface area contributed by atoms with Crippen molar-refractivity contribution < 1.29 is 9.90 Å². The minimum absolute atomic E-state index is 0.0105. The van der Waals surface area contributed by atoms with E-state index >= 15 is 0 Å². The number of fused-ring (bicyclic) bond motifs is 3. The predicted octanol–water partition coefficient (Wildman–Crippen LogP) is 7.14. The molecule has 2 saturated carbocycles. The third-order valence-corrected chi connectivity index (χ3v) is 8.27. The number of halogens is 2. The summed E-state index contributed by atoms with van der Waals surface area (Å²) in [4.78, 5) is 15.3. The van der Waals surface area contributed by atoms with Gasteiger partial charge in [0.2, 0.25) is 0 Å². The first-order chi connectivity index (χ1) is 17.0. The summed E-state index contributed by atoms with van der Waals surface area (Å²) in [6.07, 6.45) is 10.6. The Bertz CT molecular complexity index is 1120. The first-order valence-corrected chi connectivity index (χ1v) is 13.9. The van der Waals surface area contributed by atoms with Crippen molar-refractivity contribution in [1.82, 2.24) is 14.8 Å². The van der Waals surface area contributed by atoms with Gasteiger partial charge in [-0.05, 0) is 62.1 Å². The largest absolute Gasteiger partial charge is 0.389 e. The number of hydrogen-bond donors (Lipinski definition) is 2. The van der Waals surface area contributed by atoms with E-state index in [1.807, 2.05) is 41.3 Å². The quantitative estimate of drug-likeness (QED) is 0.366. The summed E-state index contributed by atoms with van der Waals surface area (Å²) in [5.74, 6) is 0. The number of aliphatic hydroxyl groups excluding tert-OH is 1. The Morgan fingerprint density at radius 1 is 0.914 bits per heavy atom. The normalized spacial score (nSPS) is 18.7. The van der Waals surface area contributed by atoms with Crippen LogP contribution in [-0.2, 0) is 6.54 Å². The second-order valence-electron chi connectivity index (χ2n) is 10.3. The molecule has 0 saturated heterocycles. The van der Waals surface area contributed by atoms with E-state index in [0.29, 0.717) is 23.1 Å². The lowest BCUT2D eigenvalue weighted by Gasteiger charge is -2.37. The molecule has 0 aliphatic heterocycles. The standard InChI is InChI=1S/C28H35Cl2N3O2/c29-19-11-13-26-24(15-19)25-16-20(30)12-14-27(25)33(26)18-23(34)17-32(22-9-5-2-6-10-22)28(35)31-21-7-3-1-4-8-21/h11-16,21-23,34H,1-10,17-18H2,(H,31,35). The number of rotatable bonds is 6. The van der Waals surface area contributed by atoms with Crippen LogP contribution in [0.1, 0.15) is 64.2 Å². The molecule has 5 rings (SSSR count). The number of amides is 2. The van der Waals surface area contributed by atoms with Crippen LogP contribution in [0.3, 0.4) is 0 Å². The van der Waals surface area contributed by atoms with Gasteiger partial charge in [-0.2, -0.15) is 0 Å². The molecule has 1 aromatic heterocycles. The zero-order valence-electron chi connectivity index (χ0n) is 20.2. The molecule has 188 valence electrons. The molecule has 0 spiro atoms. The highest BCUT2D eigenvalue weighted by molar-refractivity contribution is 6.33. The van der Waals surface area contributed by atoms with Crippen molar-refractivity contribution in [2.45, 2.75) is 88.9 Å². The van der Waals surface area contributed by atoms with E-state index in [2.05, 4.69) is 9.88 Å². The summed E-state index contributed by atoms with van der Waals surface area (Å²) >= 11 is 12.6. The van der Waals surface area contributed by atoms with E-state index in [1.165, 1.54) is 25.7 Å². The molecule has 1 atom stereocenters. The van der Waals surface area contributed by atoms with E-state index < -0.39 is 6.10 Å². The number of nitrogens with zero attached hydrogens (tertiary/aromatic N) is 2. The van der Waals surface area contributed by atoms with E-state index in [0.717, 1.165) is 60.3 Å². The molecule has 3 aromatic rings.